The van der Waals surface area contributed by atoms with Crippen LogP contribution in [0, 0.1) is 5.41 Å². The van der Waals surface area contributed by atoms with E-state index in [1.54, 1.807) is 11.1 Å². The molecule has 1 N–H and O–H groups in total. The molecule has 1 heteroatoms. The molecule has 0 aliphatic carbocycles. The third-order valence-corrected chi connectivity index (χ3v) is 3.74. The topological polar surface area (TPSA) is 12.0 Å². The normalized spacial score (nSPS) is 23.4. The Bertz CT molecular complexity index is 225. The lowest BCUT2D eigenvalue weighted by Gasteiger charge is -2.30. The van der Waals surface area contributed by atoms with Crippen LogP contribution in [0.4, 0.5) is 0 Å². The van der Waals surface area contributed by atoms with Gasteiger partial charge in [-0.1, -0.05) is 40.2 Å². The Labute approximate surface area is 89.0 Å². The van der Waals surface area contributed by atoms with Crippen molar-refractivity contribution in [1.29, 1.82) is 0 Å². The van der Waals surface area contributed by atoms with E-state index in [0.29, 0.717) is 11.5 Å². The van der Waals surface area contributed by atoms with Crippen LogP contribution in [0.3, 0.4) is 0 Å². The molecule has 0 fully saturated rings. The highest BCUT2D eigenvalue weighted by Gasteiger charge is 2.32. The largest absolute Gasteiger partial charge is 0.306 e. The van der Waals surface area contributed by atoms with E-state index in [-0.39, 0.29) is 0 Å². The van der Waals surface area contributed by atoms with Crippen LogP contribution in [0.5, 0.6) is 0 Å². The summed E-state index contributed by atoms with van der Waals surface area (Å²) in [5.41, 5.74) is 3.74. The van der Waals surface area contributed by atoms with E-state index in [0.717, 1.165) is 6.54 Å². The molecule has 82 valence electrons. The maximum atomic E-state index is 3.62. The molecule has 1 rings (SSSR count). The molecule has 0 aromatic heterocycles. The third kappa shape index (κ3) is 2.03. The van der Waals surface area contributed by atoms with Crippen LogP contribution in [-0.4, -0.2) is 12.6 Å². The molecule has 0 radical (unpaired) electrons. The quantitative estimate of drug-likeness (QED) is 0.677. The smallest absolute Gasteiger partial charge is 0.0288 e. The zero-order valence-electron chi connectivity index (χ0n) is 10.4. The molecule has 1 aliphatic heterocycles. The van der Waals surface area contributed by atoms with Crippen molar-refractivity contribution in [1.82, 2.24) is 5.32 Å². The molecular weight excluding hydrogens is 170 g/mol. The Morgan fingerprint density at radius 1 is 1.29 bits per heavy atom. The summed E-state index contributed by atoms with van der Waals surface area (Å²) >= 11 is 0. The zero-order chi connectivity index (χ0) is 10.8. The fourth-order valence-corrected chi connectivity index (χ4v) is 2.49. The van der Waals surface area contributed by atoms with E-state index in [1.165, 1.54) is 19.3 Å². The van der Waals surface area contributed by atoms with Gasteiger partial charge in [0.05, 0.1) is 0 Å². The molecule has 0 bridgehead atoms. The fourth-order valence-electron chi connectivity index (χ4n) is 2.49. The van der Waals surface area contributed by atoms with Crippen LogP contribution in [0.2, 0.25) is 0 Å². The molecule has 0 spiro atoms. The van der Waals surface area contributed by atoms with E-state index in [4.69, 9.17) is 0 Å². The second-order valence-electron chi connectivity index (χ2n) is 4.95. The molecule has 1 unspecified atom stereocenters. The van der Waals surface area contributed by atoms with Crippen LogP contribution in [-0.2, 0) is 0 Å². The molecule has 0 aromatic rings. The summed E-state index contributed by atoms with van der Waals surface area (Å²) in [6.07, 6.45) is 3.68. The van der Waals surface area contributed by atoms with Crippen molar-refractivity contribution in [2.75, 3.05) is 6.54 Å². The number of rotatable bonds is 4. The molecule has 1 aliphatic rings. The lowest BCUT2D eigenvalue weighted by atomic mass is 9.76. The standard InChI is InChI=1S/C13H25N/c1-6-10-9-14-11(7-2)12(10)13(4,5)8-3/h11,14H,6-9H2,1-5H3. The van der Waals surface area contributed by atoms with E-state index in [9.17, 15) is 0 Å². The summed E-state index contributed by atoms with van der Waals surface area (Å²) in [5.74, 6) is 0. The molecule has 1 heterocycles. The minimum atomic E-state index is 0.384. The minimum absolute atomic E-state index is 0.384. The second kappa shape index (κ2) is 4.48. The van der Waals surface area contributed by atoms with Gasteiger partial charge in [-0.15, -0.1) is 0 Å². The van der Waals surface area contributed by atoms with E-state index in [1.807, 2.05) is 0 Å². The van der Waals surface area contributed by atoms with Gasteiger partial charge < -0.3 is 5.32 Å². The van der Waals surface area contributed by atoms with Crippen molar-refractivity contribution >= 4 is 0 Å². The summed E-state index contributed by atoms with van der Waals surface area (Å²) in [7, 11) is 0. The second-order valence-corrected chi connectivity index (χ2v) is 4.95. The molecule has 14 heavy (non-hydrogen) atoms. The Morgan fingerprint density at radius 2 is 1.93 bits per heavy atom. The van der Waals surface area contributed by atoms with Gasteiger partial charge in [-0.2, -0.15) is 0 Å². The average molecular weight is 195 g/mol. The summed E-state index contributed by atoms with van der Waals surface area (Å²) in [4.78, 5) is 0. The van der Waals surface area contributed by atoms with Crippen molar-refractivity contribution in [2.45, 2.75) is 59.9 Å². The predicted octanol–water partition coefficient (Wildman–Crippen LogP) is 3.51. The van der Waals surface area contributed by atoms with Crippen molar-refractivity contribution in [3.05, 3.63) is 11.1 Å². The van der Waals surface area contributed by atoms with Crippen LogP contribution in [0.1, 0.15) is 53.9 Å². The van der Waals surface area contributed by atoms with Crippen molar-refractivity contribution in [3.63, 3.8) is 0 Å². The highest BCUT2D eigenvalue weighted by molar-refractivity contribution is 5.31. The summed E-state index contributed by atoms with van der Waals surface area (Å²) in [5, 5.41) is 3.62. The van der Waals surface area contributed by atoms with Crippen LogP contribution in [0.15, 0.2) is 11.1 Å². The van der Waals surface area contributed by atoms with Crippen LogP contribution < -0.4 is 5.32 Å². The predicted molar refractivity (Wildman–Crippen MR) is 63.5 cm³/mol. The number of hydrogen-bond donors (Lipinski definition) is 1. The van der Waals surface area contributed by atoms with Gasteiger partial charge in [-0.05, 0) is 30.3 Å². The monoisotopic (exact) mass is 195 g/mol. The van der Waals surface area contributed by atoms with E-state index >= 15 is 0 Å². The van der Waals surface area contributed by atoms with Gasteiger partial charge in [0.1, 0.15) is 0 Å². The first-order valence-corrected chi connectivity index (χ1v) is 6.02. The maximum Gasteiger partial charge on any atom is 0.0288 e. The Kier molecular flexibility index (Phi) is 3.77. The molecular formula is C13H25N. The van der Waals surface area contributed by atoms with Gasteiger partial charge in [0, 0.05) is 12.6 Å². The average Bonchev–Trinajstić information content (AvgIpc) is 2.61. The summed E-state index contributed by atoms with van der Waals surface area (Å²) in [6, 6.07) is 0.639. The highest BCUT2D eigenvalue weighted by atomic mass is 14.9. The third-order valence-electron chi connectivity index (χ3n) is 3.74. The summed E-state index contributed by atoms with van der Waals surface area (Å²) < 4.78 is 0. The molecule has 0 aromatic carbocycles. The highest BCUT2D eigenvalue weighted by Crippen LogP contribution is 2.38. The first kappa shape index (κ1) is 11.8. The SMILES string of the molecule is CCC1=C(C(C)(C)CC)C(CC)NC1. The zero-order valence-corrected chi connectivity index (χ0v) is 10.4. The van der Waals surface area contributed by atoms with Gasteiger partial charge in [-0.3, -0.25) is 0 Å². The van der Waals surface area contributed by atoms with E-state index in [2.05, 4.69) is 39.9 Å². The van der Waals surface area contributed by atoms with Crippen LogP contribution >= 0.6 is 0 Å². The van der Waals surface area contributed by atoms with Gasteiger partial charge in [0.25, 0.3) is 0 Å². The summed E-state index contributed by atoms with van der Waals surface area (Å²) in [6.45, 7) is 12.7. The van der Waals surface area contributed by atoms with Gasteiger partial charge in [-0.25, -0.2) is 0 Å². The Hall–Kier alpha value is -0.300. The number of nitrogens with one attached hydrogen (secondary N) is 1. The molecule has 1 nitrogen and oxygen atoms in total. The Balaban J connectivity index is 2.99. The number of hydrogen-bond acceptors (Lipinski definition) is 1. The molecule has 0 saturated carbocycles. The van der Waals surface area contributed by atoms with Gasteiger partial charge >= 0.3 is 0 Å². The van der Waals surface area contributed by atoms with E-state index < -0.39 is 0 Å². The molecule has 0 saturated heterocycles. The molecule has 1 atom stereocenters. The Morgan fingerprint density at radius 3 is 2.36 bits per heavy atom. The van der Waals surface area contributed by atoms with Crippen molar-refractivity contribution in [3.8, 4) is 0 Å². The van der Waals surface area contributed by atoms with Crippen molar-refractivity contribution in [2.24, 2.45) is 5.41 Å². The first-order valence-electron chi connectivity index (χ1n) is 6.02. The lowest BCUT2D eigenvalue weighted by molar-refractivity contribution is 0.389. The van der Waals surface area contributed by atoms with Gasteiger partial charge in [0.2, 0.25) is 0 Å². The fraction of sp³-hybridized carbons (Fsp3) is 0.846. The van der Waals surface area contributed by atoms with Crippen LogP contribution in [0.25, 0.3) is 0 Å². The minimum Gasteiger partial charge on any atom is -0.306 e. The maximum absolute atomic E-state index is 3.62. The van der Waals surface area contributed by atoms with Crippen molar-refractivity contribution < 1.29 is 0 Å². The van der Waals surface area contributed by atoms with Gasteiger partial charge in [0.15, 0.2) is 0 Å². The molecule has 0 amide bonds. The lowest BCUT2D eigenvalue weighted by Crippen LogP contribution is -2.30. The first-order chi connectivity index (χ1) is 6.56.